The molecule has 1 aliphatic rings. The van der Waals surface area contributed by atoms with Crippen molar-refractivity contribution in [3.63, 3.8) is 0 Å². The summed E-state index contributed by atoms with van der Waals surface area (Å²) in [4.78, 5) is 26.3. The molecule has 35 heavy (non-hydrogen) atoms. The van der Waals surface area contributed by atoms with Gasteiger partial charge in [0, 0.05) is 12.8 Å². The Bertz CT molecular complexity index is 1360. The molecule has 4 aromatic carbocycles. The lowest BCUT2D eigenvalue weighted by molar-refractivity contribution is -0.168. The van der Waals surface area contributed by atoms with E-state index >= 15 is 0 Å². The molecule has 174 valence electrons. The van der Waals surface area contributed by atoms with Gasteiger partial charge >= 0.3 is 11.9 Å². The number of carbonyl (C=O) groups is 2. The van der Waals surface area contributed by atoms with Crippen LogP contribution in [0.2, 0.25) is 0 Å². The topological polar surface area (TPSA) is 52.6 Å². The van der Waals surface area contributed by atoms with E-state index in [1.54, 1.807) is 0 Å². The van der Waals surface area contributed by atoms with Crippen LogP contribution in [0.3, 0.4) is 0 Å². The summed E-state index contributed by atoms with van der Waals surface area (Å²) in [6.45, 7) is 0. The molecule has 0 aliphatic heterocycles. The lowest BCUT2D eigenvalue weighted by atomic mass is 9.83. The van der Waals surface area contributed by atoms with Gasteiger partial charge in [0.05, 0.1) is 14.2 Å². The van der Waals surface area contributed by atoms with Crippen molar-refractivity contribution < 1.29 is 19.1 Å². The molecular formula is C31H26O4. The van der Waals surface area contributed by atoms with Gasteiger partial charge in [-0.25, -0.2) is 0 Å². The van der Waals surface area contributed by atoms with Crippen molar-refractivity contribution in [2.75, 3.05) is 14.2 Å². The molecule has 0 saturated heterocycles. The maximum atomic E-state index is 13.1. The Kier molecular flexibility index (Phi) is 5.96. The third kappa shape index (κ3) is 3.81. The third-order valence-corrected chi connectivity index (χ3v) is 6.89. The molecule has 0 N–H and O–H groups in total. The van der Waals surface area contributed by atoms with E-state index in [1.165, 1.54) is 14.2 Å². The van der Waals surface area contributed by atoms with E-state index in [0.717, 1.165) is 44.5 Å². The first-order valence-electron chi connectivity index (χ1n) is 11.6. The van der Waals surface area contributed by atoms with Crippen LogP contribution in [-0.2, 0) is 31.9 Å². The molecule has 0 heterocycles. The summed E-state index contributed by atoms with van der Waals surface area (Å²) in [5.41, 5.74) is 6.76. The molecule has 4 nitrogen and oxygen atoms in total. The normalized spacial score (nSPS) is 13.7. The second-order valence-corrected chi connectivity index (χ2v) is 8.82. The molecule has 0 atom stereocenters. The molecule has 1 aliphatic carbocycles. The summed E-state index contributed by atoms with van der Waals surface area (Å²) >= 11 is 0. The highest BCUT2D eigenvalue weighted by atomic mass is 16.5. The van der Waals surface area contributed by atoms with Crippen LogP contribution in [0, 0.1) is 5.41 Å². The van der Waals surface area contributed by atoms with Crippen LogP contribution >= 0.6 is 0 Å². The molecule has 0 bridgehead atoms. The molecule has 0 saturated carbocycles. The minimum absolute atomic E-state index is 0.215. The SMILES string of the molecule is COC(=O)C1(C(=O)OC)Cc2c(-c3ccccc3)cc(-c3ccccc3)c(-c3ccccc3)c2C1. The molecule has 0 aromatic heterocycles. The van der Waals surface area contributed by atoms with Crippen LogP contribution in [0.15, 0.2) is 97.1 Å². The Morgan fingerprint density at radius 2 is 1.03 bits per heavy atom. The standard InChI is InChI=1S/C31H26O4/c1-34-29(32)31(30(33)35-2)19-26-24(21-12-6-3-7-13-21)18-25(22-14-8-4-9-15-22)28(27(26)20-31)23-16-10-5-11-17-23/h3-18H,19-20H2,1-2H3. The van der Waals surface area contributed by atoms with Gasteiger partial charge in [-0.1, -0.05) is 91.0 Å². The number of benzene rings is 4. The van der Waals surface area contributed by atoms with Crippen LogP contribution in [-0.4, -0.2) is 26.2 Å². The molecule has 4 aromatic rings. The highest BCUT2D eigenvalue weighted by Gasteiger charge is 2.54. The van der Waals surface area contributed by atoms with E-state index in [0.29, 0.717) is 0 Å². The lowest BCUT2D eigenvalue weighted by Gasteiger charge is -2.22. The van der Waals surface area contributed by atoms with Crippen molar-refractivity contribution >= 4 is 11.9 Å². The molecule has 0 fully saturated rings. The van der Waals surface area contributed by atoms with Crippen molar-refractivity contribution in [3.05, 3.63) is 108 Å². The summed E-state index contributed by atoms with van der Waals surface area (Å²) < 4.78 is 10.3. The van der Waals surface area contributed by atoms with E-state index < -0.39 is 17.4 Å². The van der Waals surface area contributed by atoms with Gasteiger partial charge in [0.2, 0.25) is 0 Å². The summed E-state index contributed by atoms with van der Waals surface area (Å²) in [6.07, 6.45) is 0.438. The first kappa shape index (κ1) is 22.6. The van der Waals surface area contributed by atoms with E-state index in [-0.39, 0.29) is 12.8 Å². The Hall–Kier alpha value is -4.18. The number of ether oxygens (including phenoxy) is 2. The minimum Gasteiger partial charge on any atom is -0.468 e. The van der Waals surface area contributed by atoms with Crippen molar-refractivity contribution in [2.45, 2.75) is 12.8 Å². The fourth-order valence-electron chi connectivity index (χ4n) is 5.26. The third-order valence-electron chi connectivity index (χ3n) is 6.89. The van der Waals surface area contributed by atoms with Crippen LogP contribution in [0.4, 0.5) is 0 Å². The van der Waals surface area contributed by atoms with Crippen LogP contribution < -0.4 is 0 Å². The smallest absolute Gasteiger partial charge is 0.323 e. The van der Waals surface area contributed by atoms with Crippen molar-refractivity contribution in [2.24, 2.45) is 5.41 Å². The Labute approximate surface area is 205 Å². The highest BCUT2D eigenvalue weighted by molar-refractivity contribution is 6.04. The summed E-state index contributed by atoms with van der Waals surface area (Å²) in [5, 5.41) is 0. The number of esters is 2. The van der Waals surface area contributed by atoms with Gasteiger partial charge in [-0.05, 0) is 50.6 Å². The Morgan fingerprint density at radius 3 is 1.51 bits per heavy atom. The molecule has 0 spiro atoms. The number of fused-ring (bicyclic) bond motifs is 1. The molecule has 5 rings (SSSR count). The van der Waals surface area contributed by atoms with E-state index in [4.69, 9.17) is 9.47 Å². The molecule has 0 amide bonds. The summed E-state index contributed by atoms with van der Waals surface area (Å²) in [7, 11) is 2.64. The molecule has 0 radical (unpaired) electrons. The van der Waals surface area contributed by atoms with E-state index in [2.05, 4.69) is 42.5 Å². The first-order chi connectivity index (χ1) is 17.1. The van der Waals surface area contributed by atoms with Gasteiger partial charge in [-0.2, -0.15) is 0 Å². The summed E-state index contributed by atoms with van der Waals surface area (Å²) in [6, 6.07) is 32.6. The average Bonchev–Trinajstić information content (AvgIpc) is 3.34. The second-order valence-electron chi connectivity index (χ2n) is 8.82. The van der Waals surface area contributed by atoms with Gasteiger partial charge in [0.15, 0.2) is 5.41 Å². The highest BCUT2D eigenvalue weighted by Crippen LogP contribution is 2.50. The minimum atomic E-state index is -1.42. The van der Waals surface area contributed by atoms with Gasteiger partial charge in [0.1, 0.15) is 0 Å². The quantitative estimate of drug-likeness (QED) is 0.265. The van der Waals surface area contributed by atoms with Crippen molar-refractivity contribution in [1.29, 1.82) is 0 Å². The largest absolute Gasteiger partial charge is 0.468 e. The van der Waals surface area contributed by atoms with Gasteiger partial charge in [-0.3, -0.25) is 9.59 Å². The molecular weight excluding hydrogens is 436 g/mol. The van der Waals surface area contributed by atoms with Gasteiger partial charge in [-0.15, -0.1) is 0 Å². The maximum Gasteiger partial charge on any atom is 0.323 e. The molecule has 0 unspecified atom stereocenters. The van der Waals surface area contributed by atoms with Crippen LogP contribution in [0.5, 0.6) is 0 Å². The zero-order valence-corrected chi connectivity index (χ0v) is 19.8. The van der Waals surface area contributed by atoms with Crippen molar-refractivity contribution in [1.82, 2.24) is 0 Å². The second kappa shape index (κ2) is 9.22. The number of hydrogen-bond donors (Lipinski definition) is 0. The number of carbonyl (C=O) groups excluding carboxylic acids is 2. The number of methoxy groups -OCH3 is 2. The maximum absolute atomic E-state index is 13.1. The predicted octanol–water partition coefficient (Wildman–Crippen LogP) is 6.12. The fourth-order valence-corrected chi connectivity index (χ4v) is 5.26. The van der Waals surface area contributed by atoms with Crippen LogP contribution in [0.25, 0.3) is 33.4 Å². The van der Waals surface area contributed by atoms with Gasteiger partial charge < -0.3 is 9.47 Å². The predicted molar refractivity (Wildman–Crippen MR) is 137 cm³/mol. The summed E-state index contributed by atoms with van der Waals surface area (Å²) in [5.74, 6) is -1.14. The average molecular weight is 463 g/mol. The van der Waals surface area contributed by atoms with Crippen molar-refractivity contribution in [3.8, 4) is 33.4 Å². The monoisotopic (exact) mass is 462 g/mol. The molecule has 4 heteroatoms. The fraction of sp³-hybridized carbons (Fsp3) is 0.161. The zero-order valence-electron chi connectivity index (χ0n) is 19.8. The zero-order chi connectivity index (χ0) is 24.4. The van der Waals surface area contributed by atoms with E-state index in [9.17, 15) is 9.59 Å². The van der Waals surface area contributed by atoms with E-state index in [1.807, 2.05) is 54.6 Å². The Balaban J connectivity index is 1.87. The van der Waals surface area contributed by atoms with Gasteiger partial charge in [0.25, 0.3) is 0 Å². The first-order valence-corrected chi connectivity index (χ1v) is 11.6. The number of hydrogen-bond acceptors (Lipinski definition) is 4. The Morgan fingerprint density at radius 1 is 0.600 bits per heavy atom. The number of rotatable bonds is 5. The van der Waals surface area contributed by atoms with Crippen LogP contribution in [0.1, 0.15) is 11.1 Å². The lowest BCUT2D eigenvalue weighted by Crippen LogP contribution is -2.42.